The highest BCUT2D eigenvalue weighted by Crippen LogP contribution is 1.95. The van der Waals surface area contributed by atoms with Gasteiger partial charge in [0.1, 0.15) is 12.6 Å². The van der Waals surface area contributed by atoms with E-state index < -0.39 is 67.2 Å². The maximum Gasteiger partial charge on any atom is 0.322 e. The van der Waals surface area contributed by atoms with Crippen molar-refractivity contribution in [1.82, 2.24) is 16.0 Å². The van der Waals surface area contributed by atoms with Crippen LogP contribution in [-0.2, 0) is 28.8 Å². The molecule has 2 unspecified atom stereocenters. The molecule has 0 aliphatic heterocycles. The lowest BCUT2D eigenvalue weighted by atomic mass is 10.1. The van der Waals surface area contributed by atoms with Crippen LogP contribution >= 0.6 is 0 Å². The first kappa shape index (κ1) is 22.8. The summed E-state index contributed by atoms with van der Waals surface area (Å²) in [7, 11) is 0. The van der Waals surface area contributed by atoms with E-state index in [0.29, 0.717) is 0 Å². The Kier molecular flexibility index (Phi) is 9.95. The Morgan fingerprint density at radius 1 is 0.808 bits per heavy atom. The van der Waals surface area contributed by atoms with E-state index in [9.17, 15) is 28.8 Å². The van der Waals surface area contributed by atoms with Crippen molar-refractivity contribution in [1.29, 1.82) is 0 Å². The Hall–Kier alpha value is -3.22. The Morgan fingerprint density at radius 2 is 1.38 bits per heavy atom. The molecule has 3 amide bonds. The largest absolute Gasteiger partial charge is 0.481 e. The van der Waals surface area contributed by atoms with Gasteiger partial charge in [-0.1, -0.05) is 0 Å². The van der Waals surface area contributed by atoms with E-state index >= 15 is 0 Å². The van der Waals surface area contributed by atoms with Gasteiger partial charge in [0.05, 0.1) is 19.0 Å². The molecule has 26 heavy (non-hydrogen) atoms. The van der Waals surface area contributed by atoms with E-state index in [2.05, 4.69) is 5.32 Å². The fourth-order valence-corrected chi connectivity index (χ4v) is 1.62. The topological polar surface area (TPSA) is 225 Å². The summed E-state index contributed by atoms with van der Waals surface area (Å²) in [6.45, 7) is -1.40. The molecule has 146 valence electrons. The highest BCUT2D eigenvalue weighted by Gasteiger charge is 2.24. The van der Waals surface area contributed by atoms with Crippen molar-refractivity contribution < 1.29 is 44.1 Å². The van der Waals surface area contributed by atoms with Gasteiger partial charge in [0.25, 0.3) is 0 Å². The molecule has 0 aromatic rings. The second-order valence-electron chi connectivity index (χ2n) is 5.09. The van der Waals surface area contributed by atoms with Crippen LogP contribution in [0.5, 0.6) is 0 Å². The fourth-order valence-electron chi connectivity index (χ4n) is 1.62. The zero-order valence-corrected chi connectivity index (χ0v) is 13.6. The molecule has 13 heteroatoms. The first-order chi connectivity index (χ1) is 12.0. The van der Waals surface area contributed by atoms with Crippen molar-refractivity contribution in [2.75, 3.05) is 13.1 Å². The lowest BCUT2D eigenvalue weighted by Crippen LogP contribution is -2.52. The molecule has 0 saturated heterocycles. The van der Waals surface area contributed by atoms with E-state index in [1.165, 1.54) is 0 Å². The molecular weight excluding hydrogens is 356 g/mol. The Bertz CT molecular complexity index is 578. The van der Waals surface area contributed by atoms with Gasteiger partial charge < -0.3 is 37.0 Å². The van der Waals surface area contributed by atoms with Crippen molar-refractivity contribution >= 4 is 35.6 Å². The molecule has 0 fully saturated rings. The van der Waals surface area contributed by atoms with Crippen molar-refractivity contribution in [3.8, 4) is 0 Å². The summed E-state index contributed by atoms with van der Waals surface area (Å²) in [6, 6.07) is -2.70. The highest BCUT2D eigenvalue weighted by molar-refractivity contribution is 5.93. The number of hydrogen-bond acceptors (Lipinski definition) is 7. The quantitative estimate of drug-likeness (QED) is 0.177. The van der Waals surface area contributed by atoms with E-state index in [0.717, 1.165) is 0 Å². The van der Waals surface area contributed by atoms with Gasteiger partial charge in [-0.2, -0.15) is 0 Å². The summed E-state index contributed by atoms with van der Waals surface area (Å²) in [4.78, 5) is 66.5. The van der Waals surface area contributed by atoms with Crippen LogP contribution in [0, 0.1) is 0 Å². The smallest absolute Gasteiger partial charge is 0.322 e. The molecule has 0 aliphatic carbocycles. The average Bonchev–Trinajstić information content (AvgIpc) is 2.54. The van der Waals surface area contributed by atoms with E-state index in [-0.39, 0.29) is 12.8 Å². The van der Waals surface area contributed by atoms with Crippen molar-refractivity contribution in [2.45, 2.75) is 31.3 Å². The fraction of sp³-hybridized carbons (Fsp3) is 0.538. The summed E-state index contributed by atoms with van der Waals surface area (Å²) in [5.74, 6) is -6.66. The van der Waals surface area contributed by atoms with Gasteiger partial charge in [-0.15, -0.1) is 0 Å². The van der Waals surface area contributed by atoms with E-state index in [1.54, 1.807) is 0 Å². The van der Waals surface area contributed by atoms with Crippen molar-refractivity contribution in [3.05, 3.63) is 0 Å². The number of carboxylic acid groups (broad SMARTS) is 3. The normalized spacial score (nSPS) is 12.3. The van der Waals surface area contributed by atoms with Gasteiger partial charge in [-0.05, 0) is 6.42 Å². The van der Waals surface area contributed by atoms with Gasteiger partial charge in [-0.25, -0.2) is 0 Å². The van der Waals surface area contributed by atoms with Gasteiger partial charge in [0.15, 0.2) is 0 Å². The summed E-state index contributed by atoms with van der Waals surface area (Å²) in [5.41, 5.74) is 5.43. The second-order valence-corrected chi connectivity index (χ2v) is 5.09. The number of carbonyl (C=O) groups excluding carboxylic acids is 3. The van der Waals surface area contributed by atoms with E-state index in [1.807, 2.05) is 10.6 Å². The van der Waals surface area contributed by atoms with Gasteiger partial charge >= 0.3 is 17.9 Å². The van der Waals surface area contributed by atoms with Crippen molar-refractivity contribution in [3.63, 3.8) is 0 Å². The summed E-state index contributed by atoms with van der Waals surface area (Å²) in [5, 5.41) is 31.8. The van der Waals surface area contributed by atoms with Crippen LogP contribution < -0.4 is 21.7 Å². The first-order valence-electron chi connectivity index (χ1n) is 7.28. The Morgan fingerprint density at radius 3 is 1.88 bits per heavy atom. The number of carboxylic acids is 3. The number of rotatable bonds is 12. The van der Waals surface area contributed by atoms with Crippen LogP contribution in [0.3, 0.4) is 0 Å². The predicted molar refractivity (Wildman–Crippen MR) is 82.7 cm³/mol. The SMILES string of the molecule is NC(CCC(=O)O)C(=O)NCC(=O)NC(CC(=O)O)C(=O)NCC(=O)O. The highest BCUT2D eigenvalue weighted by atomic mass is 16.4. The Balaban J connectivity index is 4.53. The predicted octanol–water partition coefficient (Wildman–Crippen LogP) is -3.54. The van der Waals surface area contributed by atoms with Crippen LogP contribution in [0.4, 0.5) is 0 Å². The number of nitrogens with one attached hydrogen (secondary N) is 3. The monoisotopic (exact) mass is 376 g/mol. The molecule has 8 N–H and O–H groups in total. The third kappa shape index (κ3) is 10.5. The lowest BCUT2D eigenvalue weighted by Gasteiger charge is -2.17. The molecule has 0 aromatic heterocycles. The van der Waals surface area contributed by atoms with Gasteiger partial charge in [0, 0.05) is 6.42 Å². The van der Waals surface area contributed by atoms with Crippen LogP contribution in [-0.4, -0.2) is 76.1 Å². The van der Waals surface area contributed by atoms with E-state index in [4.69, 9.17) is 21.1 Å². The molecular formula is C13H20N4O9. The van der Waals surface area contributed by atoms with Gasteiger partial charge in [-0.3, -0.25) is 28.8 Å². The first-order valence-corrected chi connectivity index (χ1v) is 7.28. The molecule has 0 heterocycles. The van der Waals surface area contributed by atoms with Crippen LogP contribution in [0.25, 0.3) is 0 Å². The minimum Gasteiger partial charge on any atom is -0.481 e. The molecule has 13 nitrogen and oxygen atoms in total. The number of hydrogen-bond donors (Lipinski definition) is 7. The van der Waals surface area contributed by atoms with Crippen LogP contribution in [0.15, 0.2) is 0 Å². The zero-order chi connectivity index (χ0) is 20.3. The molecule has 0 bridgehead atoms. The molecule has 2 atom stereocenters. The third-order valence-electron chi connectivity index (χ3n) is 2.87. The van der Waals surface area contributed by atoms with Crippen LogP contribution in [0.2, 0.25) is 0 Å². The minimum atomic E-state index is -1.54. The second kappa shape index (κ2) is 11.4. The number of amides is 3. The van der Waals surface area contributed by atoms with Gasteiger partial charge in [0.2, 0.25) is 17.7 Å². The summed E-state index contributed by atoms with van der Waals surface area (Å²) < 4.78 is 0. The zero-order valence-electron chi connectivity index (χ0n) is 13.6. The molecule has 0 radical (unpaired) electrons. The minimum absolute atomic E-state index is 0.151. The molecule has 0 saturated carbocycles. The molecule has 0 spiro atoms. The summed E-state index contributed by atoms with van der Waals surface area (Å²) in [6.07, 6.45) is -1.30. The standard InChI is InChI=1S/C13H20N4O9/c14-6(1-2-9(19)20)12(25)15-4-8(18)17-7(3-10(21)22)13(26)16-5-11(23)24/h6-7H,1-5,14H2,(H,15,25)(H,16,26)(H,17,18)(H,19,20)(H,21,22)(H,23,24). The molecule has 0 aromatic carbocycles. The van der Waals surface area contributed by atoms with Crippen LogP contribution in [0.1, 0.15) is 19.3 Å². The average molecular weight is 376 g/mol. The number of nitrogens with two attached hydrogens (primary N) is 1. The Labute approximate surface area is 146 Å². The number of aliphatic carboxylic acids is 3. The maximum absolute atomic E-state index is 11.7. The van der Waals surface area contributed by atoms with Crippen molar-refractivity contribution in [2.24, 2.45) is 5.73 Å². The molecule has 0 aliphatic rings. The maximum atomic E-state index is 11.7. The third-order valence-corrected chi connectivity index (χ3v) is 2.87. The molecule has 0 rings (SSSR count). The summed E-state index contributed by atoms with van der Waals surface area (Å²) >= 11 is 0. The number of carbonyl (C=O) groups is 6. The lowest BCUT2D eigenvalue weighted by molar-refractivity contribution is -0.141.